The fraction of sp³-hybridized carbons (Fsp3) is 0.185. The lowest BCUT2D eigenvalue weighted by atomic mass is 10.1. The Morgan fingerprint density at radius 3 is 2.40 bits per heavy atom. The molecule has 0 radical (unpaired) electrons. The number of hydrogen-bond acceptors (Lipinski definition) is 5. The maximum absolute atomic E-state index is 12.9. The summed E-state index contributed by atoms with van der Waals surface area (Å²) in [7, 11) is 0. The number of aryl methyl sites for hydroxylation is 1. The van der Waals surface area contributed by atoms with Gasteiger partial charge in [-0.15, -0.1) is 0 Å². The van der Waals surface area contributed by atoms with Crippen LogP contribution in [0.4, 0.5) is 0 Å². The highest BCUT2D eigenvalue weighted by atomic mass is 16.5. The van der Waals surface area contributed by atoms with Crippen molar-refractivity contribution in [3.63, 3.8) is 0 Å². The number of imidazole rings is 1. The second kappa shape index (κ2) is 9.42. The molecule has 5 rings (SSSR count). The number of benzene rings is 3. The van der Waals surface area contributed by atoms with Gasteiger partial charge in [-0.3, -0.25) is 19.1 Å². The van der Waals surface area contributed by atoms with Gasteiger partial charge in [0, 0.05) is 13.1 Å². The number of aromatic amines is 1. The minimum atomic E-state index is -0.581. The average Bonchev–Trinajstić information content (AvgIpc) is 3.33. The summed E-state index contributed by atoms with van der Waals surface area (Å²) in [5, 5.41) is 0. The molecule has 176 valence electrons. The zero-order valence-corrected chi connectivity index (χ0v) is 18.9. The second-order valence-corrected chi connectivity index (χ2v) is 8.35. The Morgan fingerprint density at radius 1 is 0.829 bits per heavy atom. The molecular weight excluding hydrogens is 446 g/mol. The predicted molar refractivity (Wildman–Crippen MR) is 129 cm³/mol. The van der Waals surface area contributed by atoms with Gasteiger partial charge in [-0.25, -0.2) is 9.59 Å². The van der Waals surface area contributed by atoms with Crippen LogP contribution in [0.2, 0.25) is 0 Å². The molecule has 2 amide bonds. The van der Waals surface area contributed by atoms with Crippen LogP contribution in [0.1, 0.15) is 43.1 Å². The van der Waals surface area contributed by atoms with Gasteiger partial charge in [-0.05, 0) is 48.7 Å². The van der Waals surface area contributed by atoms with E-state index in [1.807, 2.05) is 54.6 Å². The summed E-state index contributed by atoms with van der Waals surface area (Å²) in [6.45, 7) is 0.769. The highest BCUT2D eigenvalue weighted by Crippen LogP contribution is 2.25. The van der Waals surface area contributed by atoms with Crippen LogP contribution >= 0.6 is 0 Å². The van der Waals surface area contributed by atoms with Gasteiger partial charge >= 0.3 is 11.7 Å². The van der Waals surface area contributed by atoms with E-state index in [0.29, 0.717) is 24.9 Å². The Kier molecular flexibility index (Phi) is 6.01. The monoisotopic (exact) mass is 469 g/mol. The number of fused-ring (bicyclic) bond motifs is 2. The van der Waals surface area contributed by atoms with Crippen molar-refractivity contribution in [2.45, 2.75) is 19.4 Å². The Balaban J connectivity index is 1.19. The number of amides is 2. The summed E-state index contributed by atoms with van der Waals surface area (Å²) in [4.78, 5) is 54.3. The van der Waals surface area contributed by atoms with E-state index in [4.69, 9.17) is 4.74 Å². The smallest absolute Gasteiger partial charge is 0.338 e. The summed E-state index contributed by atoms with van der Waals surface area (Å²) in [6.07, 6.45) is 1.00. The van der Waals surface area contributed by atoms with E-state index in [1.54, 1.807) is 4.57 Å². The topological polar surface area (TPSA) is 101 Å². The number of aromatic nitrogens is 2. The molecule has 4 aromatic rings. The van der Waals surface area contributed by atoms with Crippen molar-refractivity contribution in [2.75, 3.05) is 13.2 Å². The predicted octanol–water partition coefficient (Wildman–Crippen LogP) is 3.42. The average molecular weight is 469 g/mol. The highest BCUT2D eigenvalue weighted by molar-refractivity contribution is 6.22. The largest absolute Gasteiger partial charge is 0.462 e. The van der Waals surface area contributed by atoms with Crippen LogP contribution in [-0.4, -0.2) is 45.4 Å². The number of carbonyl (C=O) groups is 3. The van der Waals surface area contributed by atoms with E-state index in [1.165, 1.54) is 23.1 Å². The molecule has 1 aliphatic heterocycles. The molecular formula is C27H23N3O5. The molecule has 1 aliphatic rings. The molecule has 35 heavy (non-hydrogen) atoms. The third kappa shape index (κ3) is 4.38. The molecule has 8 heteroatoms. The molecule has 0 atom stereocenters. The normalized spacial score (nSPS) is 12.9. The van der Waals surface area contributed by atoms with Crippen LogP contribution in [0.15, 0.2) is 77.6 Å². The molecule has 0 unspecified atom stereocenters. The van der Waals surface area contributed by atoms with Crippen LogP contribution in [0.25, 0.3) is 11.0 Å². The number of rotatable bonds is 8. The first-order chi connectivity index (χ1) is 17.0. The Labute approximate surface area is 200 Å². The highest BCUT2D eigenvalue weighted by Gasteiger charge is 2.35. The van der Waals surface area contributed by atoms with Crippen molar-refractivity contribution >= 4 is 28.8 Å². The first kappa shape index (κ1) is 22.3. The summed E-state index contributed by atoms with van der Waals surface area (Å²) in [6, 6.07) is 21.4. The van der Waals surface area contributed by atoms with Gasteiger partial charge in [0.25, 0.3) is 11.8 Å². The van der Waals surface area contributed by atoms with Crippen molar-refractivity contribution in [1.82, 2.24) is 14.5 Å². The number of carbonyl (C=O) groups excluding carboxylic acids is 3. The number of imide groups is 1. The van der Waals surface area contributed by atoms with Crippen molar-refractivity contribution in [1.29, 1.82) is 0 Å². The lowest BCUT2D eigenvalue weighted by Crippen LogP contribution is -2.31. The van der Waals surface area contributed by atoms with Crippen molar-refractivity contribution in [2.24, 2.45) is 0 Å². The van der Waals surface area contributed by atoms with Gasteiger partial charge < -0.3 is 9.72 Å². The molecule has 1 N–H and O–H groups in total. The van der Waals surface area contributed by atoms with Crippen molar-refractivity contribution in [3.8, 4) is 0 Å². The van der Waals surface area contributed by atoms with Crippen LogP contribution in [0.5, 0.6) is 0 Å². The SMILES string of the molecule is O=C(OCCCn1c(=O)[nH]c2ccccc21)c1ccc2c(c1)C(=O)N(CCc1ccccc1)C2=O. The number of nitrogens with one attached hydrogen (secondary N) is 1. The molecule has 3 aromatic carbocycles. The molecule has 1 aromatic heterocycles. The molecule has 8 nitrogen and oxygen atoms in total. The molecule has 0 bridgehead atoms. The van der Waals surface area contributed by atoms with Gasteiger partial charge in [-0.2, -0.15) is 0 Å². The summed E-state index contributed by atoms with van der Waals surface area (Å²) in [5.41, 5.74) is 3.08. The van der Waals surface area contributed by atoms with E-state index in [-0.39, 0.29) is 35.9 Å². The number of H-pyrrole nitrogens is 1. The standard InChI is InChI=1S/C27H23N3O5/c31-24-20-12-11-19(17-21(20)25(32)30(24)15-13-18-7-2-1-3-8-18)26(33)35-16-6-14-29-23-10-5-4-9-22(23)28-27(29)34/h1-5,7-12,17H,6,13-16H2,(H,28,34). The zero-order chi connectivity index (χ0) is 24.4. The van der Waals surface area contributed by atoms with E-state index in [9.17, 15) is 19.2 Å². The Hall–Kier alpha value is -4.46. The number of nitrogens with zero attached hydrogens (tertiary/aromatic N) is 2. The third-order valence-electron chi connectivity index (χ3n) is 6.11. The second-order valence-electron chi connectivity index (χ2n) is 8.35. The Morgan fingerprint density at radius 2 is 1.57 bits per heavy atom. The van der Waals surface area contributed by atoms with E-state index in [0.717, 1.165) is 16.6 Å². The maximum atomic E-state index is 12.9. The molecule has 0 saturated carbocycles. The van der Waals surface area contributed by atoms with E-state index >= 15 is 0 Å². The lowest BCUT2D eigenvalue weighted by Gasteiger charge is -2.13. The quantitative estimate of drug-likeness (QED) is 0.242. The molecule has 0 aliphatic carbocycles. The first-order valence-corrected chi connectivity index (χ1v) is 11.4. The van der Waals surface area contributed by atoms with Gasteiger partial charge in [0.05, 0.1) is 34.3 Å². The minimum absolute atomic E-state index is 0.109. The molecule has 2 heterocycles. The van der Waals surface area contributed by atoms with Crippen LogP contribution in [0, 0.1) is 0 Å². The number of para-hydroxylation sites is 2. The lowest BCUT2D eigenvalue weighted by molar-refractivity contribution is 0.0495. The Bertz CT molecular complexity index is 1490. The fourth-order valence-electron chi connectivity index (χ4n) is 4.31. The van der Waals surface area contributed by atoms with Crippen LogP contribution in [-0.2, 0) is 17.7 Å². The molecule has 0 fully saturated rings. The van der Waals surface area contributed by atoms with Gasteiger partial charge in [0.2, 0.25) is 0 Å². The fourth-order valence-corrected chi connectivity index (χ4v) is 4.31. The summed E-state index contributed by atoms with van der Waals surface area (Å²) >= 11 is 0. The first-order valence-electron chi connectivity index (χ1n) is 11.4. The summed E-state index contributed by atoms with van der Waals surface area (Å²) < 4.78 is 6.96. The third-order valence-corrected chi connectivity index (χ3v) is 6.11. The molecule has 0 spiro atoms. The van der Waals surface area contributed by atoms with Crippen LogP contribution in [0.3, 0.4) is 0 Å². The minimum Gasteiger partial charge on any atom is -0.462 e. The number of esters is 1. The van der Waals surface area contributed by atoms with Crippen LogP contribution < -0.4 is 5.69 Å². The van der Waals surface area contributed by atoms with Crippen molar-refractivity contribution in [3.05, 3.63) is 106 Å². The van der Waals surface area contributed by atoms with Gasteiger partial charge in [0.1, 0.15) is 0 Å². The van der Waals surface area contributed by atoms with E-state index in [2.05, 4.69) is 4.98 Å². The summed E-state index contributed by atoms with van der Waals surface area (Å²) in [5.74, 6) is -1.35. The number of hydrogen-bond donors (Lipinski definition) is 1. The maximum Gasteiger partial charge on any atom is 0.338 e. The molecule has 0 saturated heterocycles. The van der Waals surface area contributed by atoms with E-state index < -0.39 is 11.9 Å². The number of ether oxygens (including phenoxy) is 1. The van der Waals surface area contributed by atoms with Gasteiger partial charge in [-0.1, -0.05) is 42.5 Å². The zero-order valence-electron chi connectivity index (χ0n) is 18.9. The van der Waals surface area contributed by atoms with Gasteiger partial charge in [0.15, 0.2) is 0 Å². The van der Waals surface area contributed by atoms with Crippen molar-refractivity contribution < 1.29 is 19.1 Å².